The van der Waals surface area contributed by atoms with Crippen LogP contribution in [0.3, 0.4) is 0 Å². The van der Waals surface area contributed by atoms with Gasteiger partial charge >= 0.3 is 0 Å². The third-order valence-electron chi connectivity index (χ3n) is 20.9. The third kappa shape index (κ3) is 9.66. The summed E-state index contributed by atoms with van der Waals surface area (Å²) < 4.78 is 10.3. The Morgan fingerprint density at radius 3 is 0.509 bits per heavy atom. The van der Waals surface area contributed by atoms with Crippen LogP contribution in [-0.4, -0.2) is 48.2 Å². The molecule has 10 heteroatoms. The second-order valence-corrected chi connectivity index (χ2v) is 26.9. The first kappa shape index (κ1) is 60.3. The van der Waals surface area contributed by atoms with Crippen LogP contribution in [0.1, 0.15) is 0 Å². The number of hydrogen-bond donors (Lipinski definition) is 0. The fourth-order valence-electron chi connectivity index (χ4n) is 16.2. The molecule has 10 nitrogen and oxygen atoms in total. The van der Waals surface area contributed by atoms with Crippen LogP contribution in [-0.2, 0) is 0 Å². The van der Waals surface area contributed by atoms with E-state index in [0.717, 1.165) is 166 Å². The van der Waals surface area contributed by atoms with Crippen LogP contribution in [0.5, 0.6) is 0 Å². The van der Waals surface area contributed by atoms with Gasteiger partial charge in [0, 0.05) is 87.6 Å². The summed E-state index contributed by atoms with van der Waals surface area (Å²) in [5.74, 6) is 3.47. The molecule has 0 spiro atoms. The predicted octanol–water partition coefficient (Wildman–Crippen LogP) is 23.8. The van der Waals surface area contributed by atoms with Crippen molar-refractivity contribution < 1.29 is 0 Å². The largest absolute Gasteiger partial charge is 0.308 e. The maximum atomic E-state index is 5.32. The van der Waals surface area contributed by atoms with Gasteiger partial charge in [0.05, 0.1) is 66.9 Å². The molecule has 15 aromatic carbocycles. The summed E-state index contributed by atoms with van der Waals surface area (Å²) in [7, 11) is 0. The number of nitrogens with zero attached hydrogens (tertiary/aromatic N) is 10. The van der Waals surface area contributed by atoms with E-state index in [9.17, 15) is 0 Å². The minimum atomic E-state index is 0.558. The van der Waals surface area contributed by atoms with Crippen molar-refractivity contribution in [2.75, 3.05) is 0 Å². The molecule has 0 saturated heterocycles. The Labute approximate surface area is 609 Å². The van der Waals surface area contributed by atoms with Crippen molar-refractivity contribution in [3.63, 3.8) is 0 Å². The highest BCUT2D eigenvalue weighted by Crippen LogP contribution is 2.55. The summed E-state index contributed by atoms with van der Waals surface area (Å²) in [4.78, 5) is 31.6. The van der Waals surface area contributed by atoms with Crippen molar-refractivity contribution >= 4 is 87.2 Å². The van der Waals surface area contributed by atoms with E-state index in [-0.39, 0.29) is 0 Å². The van der Waals surface area contributed by atoms with Crippen LogP contribution in [0.25, 0.3) is 201 Å². The van der Waals surface area contributed by atoms with Gasteiger partial charge < -0.3 is 18.3 Å². The lowest BCUT2D eigenvalue weighted by atomic mass is 9.89. The minimum absolute atomic E-state index is 0.558. The molecule has 0 N–H and O–H groups in total. The summed E-state index contributed by atoms with van der Waals surface area (Å²) in [6.07, 6.45) is 0. The maximum Gasteiger partial charge on any atom is 0.164 e. The number of benzene rings is 15. The van der Waals surface area contributed by atoms with Crippen molar-refractivity contribution in [3.8, 4) is 113 Å². The fourth-order valence-corrected chi connectivity index (χ4v) is 16.2. The van der Waals surface area contributed by atoms with Crippen molar-refractivity contribution in [1.29, 1.82) is 0 Å². The summed E-state index contributed by atoms with van der Waals surface area (Å²) in [6.45, 7) is 0. The lowest BCUT2D eigenvalue weighted by Gasteiger charge is -2.31. The molecule has 6 aromatic heterocycles. The van der Waals surface area contributed by atoms with Gasteiger partial charge in [0.15, 0.2) is 34.9 Å². The zero-order valence-electron chi connectivity index (χ0n) is 57.1. The van der Waals surface area contributed by atoms with Crippen LogP contribution in [0.15, 0.2) is 364 Å². The van der Waals surface area contributed by atoms with E-state index < -0.39 is 0 Å². The molecule has 21 aromatic rings. The molecule has 0 bridgehead atoms. The average Bonchev–Trinajstić information content (AvgIpc) is 1.45. The molecule has 0 unspecified atom stereocenters. The maximum absolute atomic E-state index is 5.32. The Morgan fingerprint density at radius 1 is 0.132 bits per heavy atom. The molecule has 0 aliphatic heterocycles. The fraction of sp³-hybridized carbons (Fsp3) is 0. The number of hydrogen-bond acceptors (Lipinski definition) is 6. The topological polar surface area (TPSA) is 97.1 Å². The molecule has 0 aliphatic carbocycles. The van der Waals surface area contributed by atoms with Gasteiger partial charge in [-0.25, -0.2) is 29.9 Å². The summed E-state index contributed by atoms with van der Waals surface area (Å²) in [6, 6.07) is 130. The summed E-state index contributed by atoms with van der Waals surface area (Å²) in [5, 5.41) is 9.04. The quantitative estimate of drug-likeness (QED) is 0.121. The Kier molecular flexibility index (Phi) is 14.0. The van der Waals surface area contributed by atoms with Gasteiger partial charge in [-0.15, -0.1) is 0 Å². The van der Waals surface area contributed by atoms with Gasteiger partial charge in [-0.3, -0.25) is 0 Å². The van der Waals surface area contributed by atoms with E-state index in [0.29, 0.717) is 34.9 Å². The van der Waals surface area contributed by atoms with Gasteiger partial charge in [0.25, 0.3) is 0 Å². The van der Waals surface area contributed by atoms with Gasteiger partial charge in [-0.2, -0.15) is 0 Å². The van der Waals surface area contributed by atoms with E-state index in [2.05, 4.69) is 309 Å². The molecule has 21 rings (SSSR count). The predicted molar refractivity (Wildman–Crippen MR) is 434 cm³/mol. The van der Waals surface area contributed by atoms with E-state index >= 15 is 0 Å². The van der Waals surface area contributed by atoms with E-state index in [1.54, 1.807) is 0 Å². The Morgan fingerprint density at radius 2 is 0.292 bits per heavy atom. The molecule has 0 saturated carbocycles. The van der Waals surface area contributed by atoms with Gasteiger partial charge in [0.1, 0.15) is 0 Å². The van der Waals surface area contributed by atoms with Gasteiger partial charge in [-0.05, 0) is 59.7 Å². The van der Waals surface area contributed by atoms with E-state index in [1.165, 1.54) is 0 Å². The SMILES string of the molecule is c1ccc(-c2nc(-c3ccccc3)nc(-c3ccc(-c4c(-n5c6ccccc6c6ccccc65)c(-c5ccc(-c6nc(-c7ccccc7)nc(-c7ccccc7)n6)cc5)c(-n5c6ccccc6c6ccccc65)c(-n5c6ccccc6c6ccccc65)c4-n4c5ccccc5c5ccccc54)cc3)n2)cc1. The van der Waals surface area contributed by atoms with Crippen LogP contribution >= 0.6 is 0 Å². The van der Waals surface area contributed by atoms with E-state index in [1.807, 2.05) is 72.8 Å². The lowest BCUT2D eigenvalue weighted by Crippen LogP contribution is -2.16. The van der Waals surface area contributed by atoms with Crippen LogP contribution in [0, 0.1) is 0 Å². The molecule has 494 valence electrons. The van der Waals surface area contributed by atoms with Crippen molar-refractivity contribution in [2.24, 2.45) is 0 Å². The zero-order valence-corrected chi connectivity index (χ0v) is 57.1. The van der Waals surface area contributed by atoms with Crippen molar-refractivity contribution in [2.45, 2.75) is 0 Å². The lowest BCUT2D eigenvalue weighted by molar-refractivity contribution is 1.04. The molecule has 6 heterocycles. The smallest absolute Gasteiger partial charge is 0.164 e. The monoisotopic (exact) mass is 1350 g/mol. The molecule has 0 fully saturated rings. The summed E-state index contributed by atoms with van der Waals surface area (Å²) >= 11 is 0. The number of fused-ring (bicyclic) bond motifs is 12. The highest BCUT2D eigenvalue weighted by atomic mass is 15.1. The first-order valence-electron chi connectivity index (χ1n) is 35.8. The minimum Gasteiger partial charge on any atom is -0.308 e. The molecule has 0 aliphatic rings. The van der Waals surface area contributed by atoms with E-state index in [4.69, 9.17) is 29.9 Å². The van der Waals surface area contributed by atoms with Crippen LogP contribution in [0.4, 0.5) is 0 Å². The normalized spacial score (nSPS) is 11.8. The molecule has 0 amide bonds. The highest BCUT2D eigenvalue weighted by Gasteiger charge is 2.36. The number of aromatic nitrogens is 10. The number of rotatable bonds is 12. The average molecular weight is 1350 g/mol. The summed E-state index contributed by atoms with van der Waals surface area (Å²) in [5.41, 5.74) is 21.4. The number of para-hydroxylation sites is 8. The van der Waals surface area contributed by atoms with Crippen molar-refractivity contribution in [3.05, 3.63) is 364 Å². The Balaban J connectivity index is 0.984. The van der Waals surface area contributed by atoms with Crippen molar-refractivity contribution in [1.82, 2.24) is 48.2 Å². The molecule has 0 radical (unpaired) electrons. The Hall–Kier alpha value is -14.5. The van der Waals surface area contributed by atoms with Gasteiger partial charge in [-0.1, -0.05) is 315 Å². The molecule has 0 atom stereocenters. The first-order valence-corrected chi connectivity index (χ1v) is 35.8. The van der Waals surface area contributed by atoms with Gasteiger partial charge in [0.2, 0.25) is 0 Å². The highest BCUT2D eigenvalue weighted by molar-refractivity contribution is 6.19. The molecular formula is C96H60N10. The Bertz CT molecular complexity index is 6400. The third-order valence-corrected chi connectivity index (χ3v) is 20.9. The van der Waals surface area contributed by atoms with Crippen LogP contribution in [0.2, 0.25) is 0 Å². The second-order valence-electron chi connectivity index (χ2n) is 26.9. The molecule has 106 heavy (non-hydrogen) atoms. The molecular weight excluding hydrogens is 1290 g/mol. The second kappa shape index (κ2) is 24.7. The standard InChI is InChI=1S/C96H60N10/c1-5-29-63(30-6-1)91-97-92(64-31-7-2-8-32-64)100-95(99-91)67-57-53-61(54-58-67)85-87(103-77-45-21-13-37-69(77)70-38-14-22-46-78(70)103)86(62-55-59-68(60-56-62)96-101-93(65-33-9-3-10-34-65)98-94(102-96)66-35-11-4-12-36-66)89(105-81-49-25-17-41-73(81)74-42-18-26-50-82(74)105)90(106-83-51-27-19-43-75(83)76-44-20-28-52-84(76)106)88(85)104-79-47-23-15-39-71(79)72-40-16-24-48-80(72)104/h1-60H. The zero-order chi connectivity index (χ0) is 69.8. The van der Waals surface area contributed by atoms with Crippen LogP contribution < -0.4 is 0 Å². The first-order chi connectivity index (χ1) is 52.6.